The molecule has 10 heavy (non-hydrogen) atoms. The zero-order valence-electron chi connectivity index (χ0n) is 4.82. The van der Waals surface area contributed by atoms with Crippen molar-refractivity contribution < 1.29 is 4.92 Å². The van der Waals surface area contributed by atoms with Crippen molar-refractivity contribution in [2.75, 3.05) is 0 Å². The van der Waals surface area contributed by atoms with Crippen LogP contribution in [0.1, 0.15) is 0 Å². The van der Waals surface area contributed by atoms with Crippen LogP contribution in [0.25, 0.3) is 0 Å². The van der Waals surface area contributed by atoms with Gasteiger partial charge in [-0.25, -0.2) is 0 Å². The lowest BCUT2D eigenvalue weighted by atomic mass is 10.5. The zero-order chi connectivity index (χ0) is 7.56. The number of nitrogens with zero attached hydrogens (tertiary/aromatic N) is 2. The van der Waals surface area contributed by atoms with Crippen molar-refractivity contribution in [2.24, 2.45) is 0 Å². The highest BCUT2D eigenvalue weighted by molar-refractivity contribution is 14.1. The number of hydrogen-bond donors (Lipinski definition) is 0. The summed E-state index contributed by atoms with van der Waals surface area (Å²) in [5.74, 6) is -0.111. The molecule has 0 radical (unpaired) electrons. The lowest BCUT2D eigenvalue weighted by Crippen LogP contribution is -1.90. The molecule has 1 aromatic heterocycles. The molecule has 1 aromatic rings. The molecule has 0 atom stereocenters. The Morgan fingerprint density at radius 2 is 2.30 bits per heavy atom. The molecule has 0 unspecified atom stereocenters. The second-order valence-corrected chi connectivity index (χ2v) is 2.84. The first-order chi connectivity index (χ1) is 4.70. The minimum Gasteiger partial charge on any atom is -0.358 e. The van der Waals surface area contributed by atoms with Gasteiger partial charge < -0.3 is 10.1 Å². The van der Waals surface area contributed by atoms with Gasteiger partial charge in [0.25, 0.3) is 0 Å². The monoisotopic (exact) mass is 250 g/mol. The Labute approximate surface area is 70.6 Å². The van der Waals surface area contributed by atoms with E-state index in [1.807, 2.05) is 22.6 Å². The van der Waals surface area contributed by atoms with Crippen LogP contribution in [-0.4, -0.2) is 9.91 Å². The topological polar surface area (TPSA) is 56.0 Å². The predicted molar refractivity (Wildman–Crippen MR) is 43.6 cm³/mol. The minimum absolute atomic E-state index is 0.111. The molecule has 0 aliphatic heterocycles. The minimum atomic E-state index is -0.518. The summed E-state index contributed by atoms with van der Waals surface area (Å²) in [4.78, 5) is 13.1. The van der Waals surface area contributed by atoms with Gasteiger partial charge >= 0.3 is 5.82 Å². The van der Waals surface area contributed by atoms with Crippen LogP contribution in [0.5, 0.6) is 0 Å². The van der Waals surface area contributed by atoms with Crippen molar-refractivity contribution in [3.63, 3.8) is 0 Å². The number of nitro groups is 1. The Hall–Kier alpha value is -0.720. The van der Waals surface area contributed by atoms with Gasteiger partial charge in [-0.15, -0.1) is 0 Å². The third kappa shape index (κ3) is 1.63. The lowest BCUT2D eigenvalue weighted by Gasteiger charge is -1.88. The van der Waals surface area contributed by atoms with Crippen molar-refractivity contribution in [3.05, 3.63) is 32.0 Å². The van der Waals surface area contributed by atoms with Crippen LogP contribution < -0.4 is 0 Å². The highest BCUT2D eigenvalue weighted by Gasteiger charge is 2.03. The van der Waals surface area contributed by atoms with Gasteiger partial charge in [-0.05, 0) is 38.6 Å². The van der Waals surface area contributed by atoms with E-state index in [0.29, 0.717) is 0 Å². The fraction of sp³-hybridized carbons (Fsp3) is 0. The van der Waals surface area contributed by atoms with E-state index < -0.39 is 4.92 Å². The molecule has 0 N–H and O–H groups in total. The van der Waals surface area contributed by atoms with Crippen LogP contribution in [0, 0.1) is 13.7 Å². The summed E-state index contributed by atoms with van der Waals surface area (Å²) in [6, 6.07) is 3.02. The van der Waals surface area contributed by atoms with E-state index >= 15 is 0 Å². The van der Waals surface area contributed by atoms with E-state index in [1.165, 1.54) is 12.3 Å². The number of rotatable bonds is 1. The molecule has 0 bridgehead atoms. The van der Waals surface area contributed by atoms with E-state index in [4.69, 9.17) is 0 Å². The molecule has 0 spiro atoms. The van der Waals surface area contributed by atoms with E-state index in [-0.39, 0.29) is 5.82 Å². The highest BCUT2D eigenvalue weighted by atomic mass is 127. The van der Waals surface area contributed by atoms with Crippen LogP contribution >= 0.6 is 22.6 Å². The molecule has 4 nitrogen and oxygen atoms in total. The molecule has 5 heteroatoms. The van der Waals surface area contributed by atoms with Gasteiger partial charge in [-0.2, -0.15) is 0 Å². The molecular weight excluding hydrogens is 247 g/mol. The second-order valence-electron chi connectivity index (χ2n) is 1.59. The van der Waals surface area contributed by atoms with Crippen molar-refractivity contribution in [2.45, 2.75) is 0 Å². The van der Waals surface area contributed by atoms with Gasteiger partial charge in [0.15, 0.2) is 6.20 Å². The van der Waals surface area contributed by atoms with E-state index in [1.54, 1.807) is 6.07 Å². The van der Waals surface area contributed by atoms with E-state index in [2.05, 4.69) is 4.98 Å². The molecule has 1 heterocycles. The Morgan fingerprint density at radius 1 is 1.60 bits per heavy atom. The van der Waals surface area contributed by atoms with Gasteiger partial charge in [0.1, 0.15) is 0 Å². The third-order valence-electron chi connectivity index (χ3n) is 0.899. The van der Waals surface area contributed by atoms with E-state index in [0.717, 1.165) is 3.57 Å². The summed E-state index contributed by atoms with van der Waals surface area (Å²) in [5.41, 5.74) is 0. The molecule has 0 saturated heterocycles. The van der Waals surface area contributed by atoms with Gasteiger partial charge in [0.05, 0.1) is 3.57 Å². The Morgan fingerprint density at radius 3 is 2.70 bits per heavy atom. The van der Waals surface area contributed by atoms with Gasteiger partial charge in [0.2, 0.25) is 0 Å². The predicted octanol–water partition coefficient (Wildman–Crippen LogP) is 1.59. The van der Waals surface area contributed by atoms with Crippen molar-refractivity contribution in [3.8, 4) is 0 Å². The van der Waals surface area contributed by atoms with Crippen LogP contribution in [0.3, 0.4) is 0 Å². The number of hydrogen-bond acceptors (Lipinski definition) is 3. The largest absolute Gasteiger partial charge is 0.363 e. The SMILES string of the molecule is O=[N+]([O-])c1ccc(I)cn1. The first-order valence-corrected chi connectivity index (χ1v) is 3.54. The average molecular weight is 250 g/mol. The van der Waals surface area contributed by atoms with Crippen LogP contribution in [0.4, 0.5) is 5.82 Å². The smallest absolute Gasteiger partial charge is 0.358 e. The fourth-order valence-corrected chi connectivity index (χ4v) is 0.795. The van der Waals surface area contributed by atoms with Crippen LogP contribution in [-0.2, 0) is 0 Å². The fourth-order valence-electron chi connectivity index (χ4n) is 0.476. The Balaban J connectivity index is 3.00. The number of pyridine rings is 1. The second kappa shape index (κ2) is 2.91. The van der Waals surface area contributed by atoms with Crippen molar-refractivity contribution >= 4 is 28.4 Å². The van der Waals surface area contributed by atoms with Crippen LogP contribution in [0.15, 0.2) is 18.3 Å². The number of halogens is 1. The Kier molecular flexibility index (Phi) is 2.15. The van der Waals surface area contributed by atoms with Gasteiger partial charge in [-0.1, -0.05) is 0 Å². The Bertz CT molecular complexity index is 246. The maximum Gasteiger partial charge on any atom is 0.363 e. The first kappa shape index (κ1) is 7.39. The lowest BCUT2D eigenvalue weighted by molar-refractivity contribution is -0.389. The molecule has 1 rings (SSSR count). The molecule has 0 aliphatic carbocycles. The first-order valence-electron chi connectivity index (χ1n) is 2.46. The molecular formula is C5H3IN2O2. The maximum absolute atomic E-state index is 10.1. The maximum atomic E-state index is 10.1. The molecule has 0 aliphatic rings. The quantitative estimate of drug-likeness (QED) is 0.432. The third-order valence-corrected chi connectivity index (χ3v) is 1.54. The summed E-state index contributed by atoms with van der Waals surface area (Å²) in [6.07, 6.45) is 1.46. The summed E-state index contributed by atoms with van der Waals surface area (Å²) in [7, 11) is 0. The van der Waals surface area contributed by atoms with Gasteiger partial charge in [0, 0.05) is 6.07 Å². The highest BCUT2D eigenvalue weighted by Crippen LogP contribution is 2.08. The molecule has 0 aromatic carbocycles. The zero-order valence-corrected chi connectivity index (χ0v) is 6.98. The normalized spacial score (nSPS) is 9.30. The standard InChI is InChI=1S/C5H3IN2O2/c6-4-1-2-5(7-3-4)8(9)10/h1-3H. The number of aromatic nitrogens is 1. The molecule has 0 amide bonds. The molecule has 0 saturated carbocycles. The van der Waals surface area contributed by atoms with E-state index in [9.17, 15) is 10.1 Å². The summed E-state index contributed by atoms with van der Waals surface area (Å²) in [5, 5.41) is 10.1. The summed E-state index contributed by atoms with van der Waals surface area (Å²) >= 11 is 2.03. The van der Waals surface area contributed by atoms with Crippen molar-refractivity contribution in [1.29, 1.82) is 0 Å². The average Bonchev–Trinajstić information content (AvgIpc) is 1.88. The summed E-state index contributed by atoms with van der Waals surface area (Å²) < 4.78 is 0.892. The molecule has 52 valence electrons. The van der Waals surface area contributed by atoms with Gasteiger partial charge in [-0.3, -0.25) is 0 Å². The van der Waals surface area contributed by atoms with Crippen molar-refractivity contribution in [1.82, 2.24) is 4.98 Å². The van der Waals surface area contributed by atoms with Crippen LogP contribution in [0.2, 0.25) is 0 Å². The summed E-state index contributed by atoms with van der Waals surface area (Å²) in [6.45, 7) is 0. The molecule has 0 fully saturated rings.